The molecule has 16 nitrogen and oxygen atoms in total. The van der Waals surface area contributed by atoms with Crippen molar-refractivity contribution in [2.45, 2.75) is 62.7 Å². The Morgan fingerprint density at radius 2 is 2.02 bits per heavy atom. The lowest BCUT2D eigenvalue weighted by atomic mass is 10.0. The number of amides is 4. The predicted octanol–water partition coefficient (Wildman–Crippen LogP) is 0.922. The molecular weight excluding hydrogens is 756 g/mol. The van der Waals surface area contributed by atoms with E-state index in [1.807, 2.05) is 0 Å². The van der Waals surface area contributed by atoms with Gasteiger partial charge in [-0.25, -0.2) is 9.37 Å². The molecule has 286 valence electrons. The summed E-state index contributed by atoms with van der Waals surface area (Å²) >= 11 is 2.36. The van der Waals surface area contributed by atoms with Crippen molar-refractivity contribution in [3.8, 4) is 5.75 Å². The van der Waals surface area contributed by atoms with Gasteiger partial charge in [0.2, 0.25) is 12.5 Å². The topological polar surface area (TPSA) is 224 Å². The fourth-order valence-electron chi connectivity index (χ4n) is 6.78. The molecule has 19 heteroatoms. The zero-order chi connectivity index (χ0) is 38.8. The van der Waals surface area contributed by atoms with Gasteiger partial charge in [-0.15, -0.1) is 23.1 Å². The van der Waals surface area contributed by atoms with E-state index in [2.05, 4.69) is 20.8 Å². The van der Waals surface area contributed by atoms with Crippen molar-refractivity contribution >= 4 is 69.2 Å². The summed E-state index contributed by atoms with van der Waals surface area (Å²) in [4.78, 5) is 77.8. The van der Waals surface area contributed by atoms with Crippen LogP contribution >= 0.6 is 23.1 Å². The molecule has 3 fully saturated rings. The molecule has 1 aromatic carbocycles. The molecule has 0 bridgehead atoms. The molecule has 7 rings (SSSR count). The zero-order valence-corrected chi connectivity index (χ0v) is 30.7. The second kappa shape index (κ2) is 15.9. The van der Waals surface area contributed by atoms with Gasteiger partial charge in [0.1, 0.15) is 23.2 Å². The molecule has 2 saturated heterocycles. The molecule has 2 atom stereocenters. The number of thioether (sulfide) groups is 1. The largest absolute Gasteiger partial charge is 0.543 e. The number of thiazole rings is 1. The maximum absolute atomic E-state index is 13.7. The van der Waals surface area contributed by atoms with Gasteiger partial charge in [0.05, 0.1) is 18.2 Å². The number of likely N-dealkylation sites (tertiary alicyclic amines) is 1. The highest BCUT2D eigenvalue weighted by Gasteiger charge is 2.53. The lowest BCUT2D eigenvalue weighted by molar-refractivity contribution is -0.684. The number of oxime groups is 1. The third kappa shape index (κ3) is 8.16. The number of phenolic OH excluding ortho intramolecular Hbond substituents is 1. The van der Waals surface area contributed by atoms with Crippen LogP contribution in [0.5, 0.6) is 5.75 Å². The van der Waals surface area contributed by atoms with E-state index in [-0.39, 0.29) is 64.3 Å². The molecule has 0 unspecified atom stereocenters. The van der Waals surface area contributed by atoms with Crippen molar-refractivity contribution in [3.05, 3.63) is 88.1 Å². The second-order valence-corrected chi connectivity index (χ2v) is 15.3. The summed E-state index contributed by atoms with van der Waals surface area (Å²) in [5.74, 6) is -4.97. The van der Waals surface area contributed by atoms with Gasteiger partial charge in [-0.05, 0) is 62.0 Å². The molecule has 0 spiro atoms. The summed E-state index contributed by atoms with van der Waals surface area (Å²) in [6.07, 6.45) is 8.64. The summed E-state index contributed by atoms with van der Waals surface area (Å²) in [5, 5.41) is 32.2. The number of halogens is 1. The first-order valence-electron chi connectivity index (χ1n) is 17.4. The van der Waals surface area contributed by atoms with Crippen molar-refractivity contribution in [1.82, 2.24) is 20.1 Å². The SMILES string of the molecule is Nc1nc(/C(=N/OC2CCCC2)C(=O)N[C@@H]2C(=O)N3C(C(=O)[O-])=C(C=C4CCN(Cc5ccc[n+](CC(=O)Nc6ccc(O)c(F)c6)c5)C4=O)CS[C@H]23)cs1. The molecule has 2 aromatic heterocycles. The standard InChI is InChI=1S/C36H35FN8O8S2/c37-24-13-22(7-8-26(24)46)39-27(47)16-43-10-3-4-19(14-43)15-44-11-9-20(32(44)49)12-21-17-54-34-29(33(50)45(34)30(21)35(51)52)41-31(48)28(25-18-55-36(38)40-25)42-53-23-5-1-2-6-23/h3-4,7-8,10,12-14,18,23,29,34H,1-2,5-6,9,11,15-17H2,(H5-,38,39,40,41,42,46,47,48,51,52)/t29-,34-/m1/s1. The van der Waals surface area contributed by atoms with Crippen LogP contribution in [-0.4, -0.2) is 85.0 Å². The van der Waals surface area contributed by atoms with Crippen molar-refractivity contribution in [2.24, 2.45) is 5.16 Å². The van der Waals surface area contributed by atoms with Gasteiger partial charge in [-0.1, -0.05) is 5.16 Å². The lowest BCUT2D eigenvalue weighted by Gasteiger charge is -2.50. The number of phenols is 1. The first kappa shape index (κ1) is 37.5. The maximum atomic E-state index is 13.7. The zero-order valence-electron chi connectivity index (χ0n) is 29.1. The van der Waals surface area contributed by atoms with E-state index in [9.17, 15) is 38.6 Å². The quantitative estimate of drug-likeness (QED) is 0.0504. The minimum atomic E-state index is -1.59. The molecule has 55 heavy (non-hydrogen) atoms. The van der Waals surface area contributed by atoms with E-state index in [4.69, 9.17) is 10.6 Å². The molecule has 4 amide bonds. The van der Waals surface area contributed by atoms with Crippen LogP contribution in [0.1, 0.15) is 43.4 Å². The van der Waals surface area contributed by atoms with Crippen molar-refractivity contribution < 1.29 is 48.0 Å². The third-order valence-corrected chi connectivity index (χ3v) is 11.4. The van der Waals surface area contributed by atoms with Crippen LogP contribution in [0.15, 0.2) is 76.2 Å². The number of nitrogen functional groups attached to an aromatic ring is 1. The number of carbonyl (C=O) groups excluding carboxylic acids is 5. The average Bonchev–Trinajstić information content (AvgIpc) is 3.91. The van der Waals surface area contributed by atoms with Crippen LogP contribution in [-0.2, 0) is 41.9 Å². The summed E-state index contributed by atoms with van der Waals surface area (Å²) < 4.78 is 15.3. The number of rotatable bonds is 12. The molecule has 4 aliphatic rings. The molecule has 5 N–H and O–H groups in total. The molecule has 1 aliphatic carbocycles. The van der Waals surface area contributed by atoms with Crippen LogP contribution in [0.4, 0.5) is 15.2 Å². The Hall–Kier alpha value is -5.82. The number of carboxylic acid groups (broad SMARTS) is 1. The number of hydrogen-bond donors (Lipinski definition) is 4. The monoisotopic (exact) mass is 790 g/mol. The van der Waals surface area contributed by atoms with Crippen LogP contribution in [0, 0.1) is 5.82 Å². The Bertz CT molecular complexity index is 2170. The van der Waals surface area contributed by atoms with Gasteiger partial charge >= 0.3 is 0 Å². The number of nitrogens with two attached hydrogens (primary N) is 1. The fourth-order valence-corrected chi connectivity index (χ4v) is 8.63. The number of aliphatic carboxylic acids is 1. The maximum Gasteiger partial charge on any atom is 0.290 e. The number of carbonyl (C=O) groups is 5. The second-order valence-electron chi connectivity index (χ2n) is 13.3. The van der Waals surface area contributed by atoms with Gasteiger partial charge in [-0.3, -0.25) is 24.1 Å². The lowest BCUT2D eigenvalue weighted by Crippen LogP contribution is -2.71. The number of β-lactam (4-membered cyclic amide) rings is 1. The Morgan fingerprint density at radius 3 is 2.75 bits per heavy atom. The van der Waals surface area contributed by atoms with E-state index in [0.717, 1.165) is 59.6 Å². The summed E-state index contributed by atoms with van der Waals surface area (Å²) in [5.41, 5.74) is 6.99. The van der Waals surface area contributed by atoms with Gasteiger partial charge in [0, 0.05) is 46.6 Å². The summed E-state index contributed by atoms with van der Waals surface area (Å²) in [7, 11) is 0. The number of allylic oxidation sites excluding steroid dienone is 1. The number of aromatic nitrogens is 2. The number of anilines is 2. The van der Waals surface area contributed by atoms with Crippen molar-refractivity contribution in [1.29, 1.82) is 0 Å². The number of hydrogen-bond acceptors (Lipinski definition) is 13. The first-order chi connectivity index (χ1) is 26.4. The minimum absolute atomic E-state index is 0.0987. The fraction of sp³-hybridized carbons (Fsp3) is 0.333. The first-order valence-corrected chi connectivity index (χ1v) is 19.3. The smallest absolute Gasteiger partial charge is 0.290 e. The highest BCUT2D eigenvalue weighted by Crippen LogP contribution is 2.41. The average molecular weight is 791 g/mol. The summed E-state index contributed by atoms with van der Waals surface area (Å²) in [6.45, 7) is 0.464. The van der Waals surface area contributed by atoms with E-state index in [0.29, 0.717) is 18.5 Å². The Balaban J connectivity index is 0.998. The highest BCUT2D eigenvalue weighted by molar-refractivity contribution is 8.00. The number of nitrogens with one attached hydrogen (secondary N) is 2. The number of fused-ring (bicyclic) bond motifs is 1. The van der Waals surface area contributed by atoms with E-state index in [1.54, 1.807) is 39.4 Å². The predicted molar refractivity (Wildman–Crippen MR) is 195 cm³/mol. The Kier molecular flexibility index (Phi) is 10.8. The Morgan fingerprint density at radius 1 is 1.22 bits per heavy atom. The van der Waals surface area contributed by atoms with Gasteiger partial charge in [0.25, 0.3) is 17.7 Å². The molecule has 0 radical (unpaired) electrons. The van der Waals surface area contributed by atoms with Crippen molar-refractivity contribution in [2.75, 3.05) is 23.3 Å². The molecule has 5 heterocycles. The summed E-state index contributed by atoms with van der Waals surface area (Å²) in [6, 6.07) is 5.97. The number of nitrogens with zero attached hydrogens (tertiary/aromatic N) is 5. The number of pyridine rings is 1. The Labute approximate surface area is 321 Å². The van der Waals surface area contributed by atoms with E-state index in [1.165, 1.54) is 23.9 Å². The molecular formula is C36H35FN8O8S2. The molecule has 3 aliphatic heterocycles. The third-order valence-electron chi connectivity index (χ3n) is 9.46. The van der Waals surface area contributed by atoms with Gasteiger partial charge in [-0.2, -0.15) is 4.57 Å². The van der Waals surface area contributed by atoms with Crippen molar-refractivity contribution in [3.63, 3.8) is 0 Å². The van der Waals surface area contributed by atoms with Gasteiger partial charge in [0.15, 0.2) is 34.8 Å². The molecule has 3 aromatic rings. The van der Waals surface area contributed by atoms with E-state index < -0.39 is 46.7 Å². The van der Waals surface area contributed by atoms with Crippen LogP contribution in [0.2, 0.25) is 0 Å². The number of carboxylic acids is 1. The number of aromatic hydroxyl groups is 1. The normalized spacial score (nSPS) is 20.8. The number of benzene rings is 1. The van der Waals surface area contributed by atoms with E-state index >= 15 is 0 Å². The van der Waals surface area contributed by atoms with Crippen LogP contribution in [0.3, 0.4) is 0 Å². The molecule has 1 saturated carbocycles. The highest BCUT2D eigenvalue weighted by atomic mass is 32.2. The van der Waals surface area contributed by atoms with Crippen LogP contribution < -0.4 is 26.0 Å². The minimum Gasteiger partial charge on any atom is -0.543 e. The van der Waals surface area contributed by atoms with Crippen LogP contribution in [0.25, 0.3) is 0 Å². The van der Waals surface area contributed by atoms with Gasteiger partial charge < -0.3 is 41.1 Å².